The van der Waals surface area contributed by atoms with Crippen molar-refractivity contribution >= 4 is 44.6 Å². The average molecular weight is 485 g/mol. The number of carbonyl (C=O) groups excluding carboxylic acids is 1. The summed E-state index contributed by atoms with van der Waals surface area (Å²) >= 11 is 6.80. The summed E-state index contributed by atoms with van der Waals surface area (Å²) in [5.41, 5.74) is 0.0634. The summed E-state index contributed by atoms with van der Waals surface area (Å²) in [6.07, 6.45) is 1.17. The summed E-state index contributed by atoms with van der Waals surface area (Å²) in [7, 11) is -3.79. The smallest absolute Gasteiger partial charge is 0.286 e. The van der Waals surface area contributed by atoms with Gasteiger partial charge in [-0.25, -0.2) is 17.2 Å². The lowest BCUT2D eigenvalue weighted by Gasteiger charge is -2.22. The Hall–Kier alpha value is -2.47. The molecule has 0 unspecified atom stereocenters. The Balaban J connectivity index is 1.54. The van der Waals surface area contributed by atoms with Gasteiger partial charge in [0.25, 0.3) is 5.91 Å². The molecule has 2 heterocycles. The average Bonchev–Trinajstić information content (AvgIpc) is 3.40. The van der Waals surface area contributed by atoms with E-state index in [9.17, 15) is 22.0 Å². The highest BCUT2D eigenvalue weighted by Gasteiger charge is 2.38. The number of carbonyl (C=O) groups is 1. The number of benzene rings is 2. The zero-order valence-electron chi connectivity index (χ0n) is 15.8. The standard InChI is InChI=1S/C19H15ClF2N4O3S2/c20-11-3-6-13(7-4-11)31(28,29)26-9-1-2-16(26)18-24-25-19(30-18)17(27)23-12-5-8-14(21)15(22)10-12/h3-8,10,16H,1-2,9H2,(H,23,27)/t16-/m0/s1. The zero-order valence-corrected chi connectivity index (χ0v) is 18.1. The minimum Gasteiger partial charge on any atom is -0.320 e. The normalized spacial score (nSPS) is 17.1. The van der Waals surface area contributed by atoms with Crippen molar-refractivity contribution in [1.82, 2.24) is 14.5 Å². The van der Waals surface area contributed by atoms with E-state index in [0.29, 0.717) is 29.4 Å². The highest BCUT2D eigenvalue weighted by molar-refractivity contribution is 7.89. The first-order valence-electron chi connectivity index (χ1n) is 9.13. The molecule has 0 saturated carbocycles. The molecule has 1 aliphatic rings. The molecular weight excluding hydrogens is 470 g/mol. The number of hydrogen-bond donors (Lipinski definition) is 1. The van der Waals surface area contributed by atoms with E-state index < -0.39 is 33.6 Å². The van der Waals surface area contributed by atoms with E-state index in [1.165, 1.54) is 34.6 Å². The van der Waals surface area contributed by atoms with Crippen molar-refractivity contribution in [2.45, 2.75) is 23.8 Å². The van der Waals surface area contributed by atoms with E-state index in [-0.39, 0.29) is 15.6 Å². The Morgan fingerprint density at radius 2 is 1.87 bits per heavy atom. The van der Waals surface area contributed by atoms with E-state index in [2.05, 4.69) is 15.5 Å². The minimum atomic E-state index is -3.79. The van der Waals surface area contributed by atoms with Gasteiger partial charge in [0.2, 0.25) is 15.0 Å². The van der Waals surface area contributed by atoms with Crippen molar-refractivity contribution in [1.29, 1.82) is 0 Å². The predicted octanol–water partition coefficient (Wildman–Crippen LogP) is 4.25. The molecule has 31 heavy (non-hydrogen) atoms. The SMILES string of the molecule is O=C(Nc1ccc(F)c(F)c1)c1nnc([C@@H]2CCCN2S(=O)(=O)c2ccc(Cl)cc2)s1. The first kappa shape index (κ1) is 21.8. The number of rotatable bonds is 5. The van der Waals surface area contributed by atoms with Crippen LogP contribution in [0.15, 0.2) is 47.4 Å². The maximum atomic E-state index is 13.3. The van der Waals surface area contributed by atoms with E-state index in [1.54, 1.807) is 0 Å². The van der Waals surface area contributed by atoms with Crippen LogP contribution in [-0.4, -0.2) is 35.4 Å². The first-order valence-corrected chi connectivity index (χ1v) is 11.8. The monoisotopic (exact) mass is 484 g/mol. The lowest BCUT2D eigenvalue weighted by Crippen LogP contribution is -2.30. The quantitative estimate of drug-likeness (QED) is 0.584. The number of nitrogens with zero attached hydrogens (tertiary/aromatic N) is 3. The van der Waals surface area contributed by atoms with Crippen LogP contribution in [-0.2, 0) is 10.0 Å². The Labute approximate surface area is 185 Å². The van der Waals surface area contributed by atoms with Gasteiger partial charge in [-0.1, -0.05) is 22.9 Å². The summed E-state index contributed by atoms with van der Waals surface area (Å²) in [6, 6.07) is 8.30. The molecule has 1 N–H and O–H groups in total. The fourth-order valence-electron chi connectivity index (χ4n) is 3.24. The van der Waals surface area contributed by atoms with Crippen LogP contribution >= 0.6 is 22.9 Å². The maximum absolute atomic E-state index is 13.3. The molecule has 1 saturated heterocycles. The molecule has 1 aromatic heterocycles. The first-order chi connectivity index (χ1) is 14.8. The third-order valence-electron chi connectivity index (χ3n) is 4.72. The lowest BCUT2D eigenvalue weighted by atomic mass is 10.2. The molecule has 3 aromatic rings. The van der Waals surface area contributed by atoms with Gasteiger partial charge in [-0.05, 0) is 49.2 Å². The van der Waals surface area contributed by atoms with Gasteiger partial charge in [0.15, 0.2) is 11.6 Å². The maximum Gasteiger partial charge on any atom is 0.286 e. The van der Waals surface area contributed by atoms with Crippen LogP contribution in [0.2, 0.25) is 5.02 Å². The molecule has 0 aliphatic carbocycles. The van der Waals surface area contributed by atoms with Gasteiger partial charge in [-0.15, -0.1) is 10.2 Å². The number of aromatic nitrogens is 2. The summed E-state index contributed by atoms with van der Waals surface area (Å²) in [6.45, 7) is 0.311. The highest BCUT2D eigenvalue weighted by atomic mass is 35.5. The van der Waals surface area contributed by atoms with E-state index in [4.69, 9.17) is 11.6 Å². The van der Waals surface area contributed by atoms with Crippen molar-refractivity contribution in [3.63, 3.8) is 0 Å². The van der Waals surface area contributed by atoms with E-state index in [1.807, 2.05) is 0 Å². The fraction of sp³-hybridized carbons (Fsp3) is 0.211. The molecule has 1 atom stereocenters. The third kappa shape index (κ3) is 4.45. The number of nitrogens with one attached hydrogen (secondary N) is 1. The van der Waals surface area contributed by atoms with Crippen molar-refractivity contribution in [3.8, 4) is 0 Å². The van der Waals surface area contributed by atoms with Crippen LogP contribution in [0.5, 0.6) is 0 Å². The van der Waals surface area contributed by atoms with Gasteiger partial charge in [0, 0.05) is 23.3 Å². The molecule has 162 valence electrons. The number of hydrogen-bond acceptors (Lipinski definition) is 6. The van der Waals surface area contributed by atoms with Crippen LogP contribution in [0.25, 0.3) is 0 Å². The van der Waals surface area contributed by atoms with Gasteiger partial charge >= 0.3 is 0 Å². The molecule has 12 heteroatoms. The van der Waals surface area contributed by atoms with Crippen LogP contribution in [0.3, 0.4) is 0 Å². The Kier molecular flexibility index (Phi) is 6.02. The molecule has 0 bridgehead atoms. The number of amides is 1. The Morgan fingerprint density at radius 1 is 1.13 bits per heavy atom. The highest BCUT2D eigenvalue weighted by Crippen LogP contribution is 2.38. The van der Waals surface area contributed by atoms with Gasteiger partial charge in [-0.2, -0.15) is 4.31 Å². The lowest BCUT2D eigenvalue weighted by molar-refractivity contribution is 0.102. The molecular formula is C19H15ClF2N4O3S2. The van der Waals surface area contributed by atoms with Crippen molar-refractivity contribution in [3.05, 3.63) is 69.1 Å². The van der Waals surface area contributed by atoms with Crippen molar-refractivity contribution in [2.75, 3.05) is 11.9 Å². The summed E-state index contributed by atoms with van der Waals surface area (Å²) < 4.78 is 53.8. The van der Waals surface area contributed by atoms with Crippen molar-refractivity contribution < 1.29 is 22.0 Å². The number of sulfonamides is 1. The zero-order chi connectivity index (χ0) is 22.2. The second kappa shape index (κ2) is 8.58. The number of anilines is 1. The Bertz CT molecular complexity index is 1240. The van der Waals surface area contributed by atoms with Gasteiger partial charge < -0.3 is 5.32 Å². The van der Waals surface area contributed by atoms with Gasteiger partial charge in [0.05, 0.1) is 10.9 Å². The topological polar surface area (TPSA) is 92.3 Å². The summed E-state index contributed by atoms with van der Waals surface area (Å²) in [4.78, 5) is 12.5. The summed E-state index contributed by atoms with van der Waals surface area (Å²) in [5.74, 6) is -2.77. The second-order valence-electron chi connectivity index (χ2n) is 6.76. The summed E-state index contributed by atoms with van der Waals surface area (Å²) in [5, 5.41) is 11.1. The van der Waals surface area contributed by atoms with Gasteiger partial charge in [-0.3, -0.25) is 4.79 Å². The molecule has 4 rings (SSSR count). The van der Waals surface area contributed by atoms with Crippen LogP contribution in [0.1, 0.15) is 33.7 Å². The number of halogens is 3. The van der Waals surface area contributed by atoms with Crippen LogP contribution < -0.4 is 5.32 Å². The van der Waals surface area contributed by atoms with Crippen LogP contribution in [0.4, 0.5) is 14.5 Å². The third-order valence-corrected chi connectivity index (χ3v) is 7.92. The molecule has 1 fully saturated rings. The molecule has 0 spiro atoms. The largest absolute Gasteiger partial charge is 0.320 e. The molecule has 1 aliphatic heterocycles. The minimum absolute atomic E-state index is 0.0181. The second-order valence-corrected chi connectivity index (χ2v) is 10.1. The fourth-order valence-corrected chi connectivity index (χ4v) is 5.98. The van der Waals surface area contributed by atoms with Gasteiger partial charge in [0.1, 0.15) is 5.01 Å². The van der Waals surface area contributed by atoms with E-state index in [0.717, 1.165) is 23.5 Å². The molecule has 0 radical (unpaired) electrons. The van der Waals surface area contributed by atoms with Crippen LogP contribution in [0, 0.1) is 11.6 Å². The predicted molar refractivity (Wildman–Crippen MR) is 112 cm³/mol. The van der Waals surface area contributed by atoms with E-state index >= 15 is 0 Å². The molecule has 7 nitrogen and oxygen atoms in total. The molecule has 1 amide bonds. The molecule has 2 aromatic carbocycles. The Morgan fingerprint density at radius 3 is 2.58 bits per heavy atom. The van der Waals surface area contributed by atoms with Crippen molar-refractivity contribution in [2.24, 2.45) is 0 Å².